The summed E-state index contributed by atoms with van der Waals surface area (Å²) in [7, 11) is 2.04. The molecular formula is C20H24FN3. The second-order valence-corrected chi connectivity index (χ2v) is 7.15. The van der Waals surface area contributed by atoms with Crippen molar-refractivity contribution in [3.05, 3.63) is 59.4 Å². The molecule has 1 aliphatic rings. The van der Waals surface area contributed by atoms with Crippen LogP contribution in [0.4, 0.5) is 15.8 Å². The van der Waals surface area contributed by atoms with Crippen LogP contribution in [0.25, 0.3) is 0 Å². The van der Waals surface area contributed by atoms with Crippen molar-refractivity contribution in [3.63, 3.8) is 0 Å². The zero-order valence-corrected chi connectivity index (χ0v) is 14.7. The first-order valence-electron chi connectivity index (χ1n) is 8.30. The molecule has 1 atom stereocenters. The maximum Gasteiger partial charge on any atom is 0.134 e. The van der Waals surface area contributed by atoms with Crippen LogP contribution in [0, 0.1) is 5.82 Å². The summed E-state index contributed by atoms with van der Waals surface area (Å²) < 4.78 is 14.5. The summed E-state index contributed by atoms with van der Waals surface area (Å²) >= 11 is 0. The number of para-hydroxylation sites is 1. The molecule has 0 radical (unpaired) electrons. The monoisotopic (exact) mass is 325 g/mol. The molecule has 1 N–H and O–H groups in total. The van der Waals surface area contributed by atoms with Gasteiger partial charge in [0.05, 0.1) is 11.9 Å². The fraction of sp³-hybridized carbons (Fsp3) is 0.350. The molecule has 0 aliphatic carbocycles. The van der Waals surface area contributed by atoms with Crippen molar-refractivity contribution in [2.45, 2.75) is 38.6 Å². The minimum absolute atomic E-state index is 0.0311. The SMILES string of the molecule is CC1CC(C)(C)N(C)c2cc(F)c(/C=N\Nc3ccccc3)cc21. The van der Waals surface area contributed by atoms with Crippen molar-refractivity contribution in [2.75, 3.05) is 17.4 Å². The third-order valence-electron chi connectivity index (χ3n) is 4.92. The largest absolute Gasteiger partial charge is 0.369 e. The highest BCUT2D eigenvalue weighted by Gasteiger charge is 2.34. The second kappa shape index (κ2) is 6.27. The smallest absolute Gasteiger partial charge is 0.134 e. The number of benzene rings is 2. The van der Waals surface area contributed by atoms with Gasteiger partial charge in [0.25, 0.3) is 0 Å². The molecule has 0 spiro atoms. The molecule has 2 aromatic carbocycles. The van der Waals surface area contributed by atoms with Crippen LogP contribution in [0.2, 0.25) is 0 Å². The number of nitrogens with one attached hydrogen (secondary N) is 1. The van der Waals surface area contributed by atoms with Gasteiger partial charge >= 0.3 is 0 Å². The van der Waals surface area contributed by atoms with Gasteiger partial charge in [0.15, 0.2) is 0 Å². The lowest BCUT2D eigenvalue weighted by Gasteiger charge is -2.45. The molecule has 2 aromatic rings. The predicted molar refractivity (Wildman–Crippen MR) is 99.6 cm³/mol. The lowest BCUT2D eigenvalue weighted by molar-refractivity contribution is 0.394. The molecule has 3 rings (SSSR count). The molecule has 3 nitrogen and oxygen atoms in total. The van der Waals surface area contributed by atoms with Crippen LogP contribution in [0.5, 0.6) is 0 Å². The molecule has 126 valence electrons. The number of fused-ring (bicyclic) bond motifs is 1. The lowest BCUT2D eigenvalue weighted by Crippen LogP contribution is -2.45. The van der Waals surface area contributed by atoms with Crippen LogP contribution < -0.4 is 10.3 Å². The van der Waals surface area contributed by atoms with Crippen LogP contribution in [0.15, 0.2) is 47.6 Å². The van der Waals surface area contributed by atoms with E-state index in [9.17, 15) is 4.39 Å². The van der Waals surface area contributed by atoms with Crippen LogP contribution in [0.3, 0.4) is 0 Å². The average molecular weight is 325 g/mol. The van der Waals surface area contributed by atoms with Gasteiger partial charge in [-0.2, -0.15) is 5.10 Å². The van der Waals surface area contributed by atoms with E-state index >= 15 is 0 Å². The maximum atomic E-state index is 14.5. The summed E-state index contributed by atoms with van der Waals surface area (Å²) in [6.45, 7) is 6.60. The van der Waals surface area contributed by atoms with Gasteiger partial charge in [0.2, 0.25) is 0 Å². The molecule has 24 heavy (non-hydrogen) atoms. The normalized spacial score (nSPS) is 19.4. The molecule has 0 aromatic heterocycles. The van der Waals surface area contributed by atoms with Gasteiger partial charge in [-0.25, -0.2) is 4.39 Å². The maximum absolute atomic E-state index is 14.5. The summed E-state index contributed by atoms with van der Waals surface area (Å²) in [5.74, 6) is 0.144. The van der Waals surface area contributed by atoms with Gasteiger partial charge in [0.1, 0.15) is 5.82 Å². The van der Waals surface area contributed by atoms with E-state index in [0.717, 1.165) is 17.8 Å². The van der Waals surface area contributed by atoms with E-state index in [1.54, 1.807) is 12.3 Å². The van der Waals surface area contributed by atoms with E-state index in [-0.39, 0.29) is 11.4 Å². The quantitative estimate of drug-likeness (QED) is 0.635. The van der Waals surface area contributed by atoms with E-state index in [4.69, 9.17) is 0 Å². The van der Waals surface area contributed by atoms with Crippen molar-refractivity contribution in [1.82, 2.24) is 0 Å². The zero-order valence-electron chi connectivity index (χ0n) is 14.7. The Labute approximate surface area is 143 Å². The average Bonchev–Trinajstić information content (AvgIpc) is 2.54. The van der Waals surface area contributed by atoms with E-state index in [1.807, 2.05) is 43.4 Å². The van der Waals surface area contributed by atoms with E-state index in [0.29, 0.717) is 11.5 Å². The Bertz CT molecular complexity index is 753. The topological polar surface area (TPSA) is 27.6 Å². The Hall–Kier alpha value is -2.36. The molecular weight excluding hydrogens is 301 g/mol. The molecule has 1 aliphatic heterocycles. The highest BCUT2D eigenvalue weighted by molar-refractivity contribution is 5.82. The first kappa shape index (κ1) is 16.5. The molecule has 0 bridgehead atoms. The number of nitrogens with zero attached hydrogens (tertiary/aromatic N) is 2. The Morgan fingerprint density at radius 2 is 1.96 bits per heavy atom. The summed E-state index contributed by atoms with van der Waals surface area (Å²) in [4.78, 5) is 2.18. The number of hydrazone groups is 1. The molecule has 0 amide bonds. The van der Waals surface area contributed by atoms with Crippen molar-refractivity contribution in [3.8, 4) is 0 Å². The third kappa shape index (κ3) is 3.14. The van der Waals surface area contributed by atoms with Gasteiger partial charge in [-0.05, 0) is 56.0 Å². The minimum Gasteiger partial charge on any atom is -0.369 e. The summed E-state index contributed by atoms with van der Waals surface area (Å²) in [6.07, 6.45) is 2.59. The fourth-order valence-corrected chi connectivity index (χ4v) is 3.39. The minimum atomic E-state index is -0.246. The van der Waals surface area contributed by atoms with Crippen molar-refractivity contribution in [2.24, 2.45) is 5.10 Å². The lowest BCUT2D eigenvalue weighted by atomic mass is 9.80. The van der Waals surface area contributed by atoms with E-state index in [1.165, 1.54) is 5.56 Å². The number of rotatable bonds is 3. The van der Waals surface area contributed by atoms with Crippen LogP contribution in [-0.4, -0.2) is 18.8 Å². The standard InChI is InChI=1S/C20H24FN3/c1-14-12-20(2,3)24(4)19-11-18(21)15(10-17(14)19)13-22-23-16-8-6-5-7-9-16/h5-11,13-14,23H,12H2,1-4H3/b22-13-. The van der Waals surface area contributed by atoms with Crippen LogP contribution in [0.1, 0.15) is 44.2 Å². The van der Waals surface area contributed by atoms with Gasteiger partial charge in [-0.1, -0.05) is 25.1 Å². The van der Waals surface area contributed by atoms with Crippen molar-refractivity contribution in [1.29, 1.82) is 0 Å². The zero-order chi connectivity index (χ0) is 17.3. The van der Waals surface area contributed by atoms with E-state index in [2.05, 4.69) is 36.2 Å². The molecule has 1 unspecified atom stereocenters. The van der Waals surface area contributed by atoms with Crippen LogP contribution >= 0.6 is 0 Å². The highest BCUT2D eigenvalue weighted by atomic mass is 19.1. The van der Waals surface area contributed by atoms with Crippen LogP contribution in [-0.2, 0) is 0 Å². The predicted octanol–water partition coefficient (Wildman–Crippen LogP) is 4.99. The molecule has 0 saturated heterocycles. The molecule has 1 heterocycles. The Kier molecular flexibility index (Phi) is 4.31. The fourth-order valence-electron chi connectivity index (χ4n) is 3.39. The second-order valence-electron chi connectivity index (χ2n) is 7.15. The van der Waals surface area contributed by atoms with Gasteiger partial charge in [-0.3, -0.25) is 5.43 Å². The number of hydrogen-bond donors (Lipinski definition) is 1. The number of anilines is 2. The summed E-state index contributed by atoms with van der Waals surface area (Å²) in [5.41, 5.74) is 6.50. The van der Waals surface area contributed by atoms with Crippen molar-refractivity contribution >= 4 is 17.6 Å². The molecule has 4 heteroatoms. The Morgan fingerprint density at radius 1 is 1.25 bits per heavy atom. The number of halogens is 1. The van der Waals surface area contributed by atoms with Gasteiger partial charge < -0.3 is 4.90 Å². The molecule has 0 fully saturated rings. The van der Waals surface area contributed by atoms with Gasteiger partial charge in [0, 0.05) is 23.8 Å². The number of hydrogen-bond acceptors (Lipinski definition) is 3. The van der Waals surface area contributed by atoms with Gasteiger partial charge in [-0.15, -0.1) is 0 Å². The Morgan fingerprint density at radius 3 is 2.67 bits per heavy atom. The van der Waals surface area contributed by atoms with Crippen molar-refractivity contribution < 1.29 is 4.39 Å². The molecule has 0 saturated carbocycles. The first-order chi connectivity index (χ1) is 11.4. The highest BCUT2D eigenvalue weighted by Crippen LogP contribution is 2.43. The Balaban J connectivity index is 1.88. The summed E-state index contributed by atoms with van der Waals surface area (Å²) in [5, 5.41) is 4.17. The first-order valence-corrected chi connectivity index (χ1v) is 8.30. The third-order valence-corrected chi connectivity index (χ3v) is 4.92. The van der Waals surface area contributed by atoms with E-state index < -0.39 is 0 Å². The summed E-state index contributed by atoms with van der Waals surface area (Å²) in [6, 6.07) is 13.2.